The Morgan fingerprint density at radius 3 is 1.22 bits per heavy atom. The molecule has 1 saturated heterocycles. The Morgan fingerprint density at radius 1 is 1.11 bits per heavy atom. The quantitative estimate of drug-likeness (QED) is 0.360. The lowest BCUT2D eigenvalue weighted by atomic mass is 10.8. The van der Waals surface area contributed by atoms with Gasteiger partial charge in [-0.05, 0) is 13.8 Å². The Morgan fingerprint density at radius 2 is 1.22 bits per heavy atom. The standard InChI is InChI=1S/2C3H6.C2H4O/c2*1-3-2;1-2-3-1/h2*3H,1H2,2H3;1-2H2. The first-order valence-electron chi connectivity index (χ1n) is 3.05. The maximum absolute atomic E-state index is 4.50. The zero-order valence-corrected chi connectivity index (χ0v) is 6.39. The number of hydrogen-bond donors (Lipinski definition) is 0. The molecule has 0 atom stereocenters. The minimum absolute atomic E-state index is 1.00. The fraction of sp³-hybridized carbons (Fsp3) is 0.500. The van der Waals surface area contributed by atoms with Crippen LogP contribution in [0.1, 0.15) is 13.8 Å². The van der Waals surface area contributed by atoms with E-state index >= 15 is 0 Å². The van der Waals surface area contributed by atoms with Gasteiger partial charge in [0.25, 0.3) is 0 Å². The van der Waals surface area contributed by atoms with Crippen LogP contribution in [0.2, 0.25) is 0 Å². The predicted molar refractivity (Wildman–Crippen MR) is 42.6 cm³/mol. The predicted octanol–water partition coefficient (Wildman–Crippen LogP) is 2.40. The summed E-state index contributed by atoms with van der Waals surface area (Å²) in [6, 6.07) is 0. The Kier molecular flexibility index (Phi) is 19.6. The Balaban J connectivity index is 0. The largest absolute Gasteiger partial charge is 0.377 e. The summed E-state index contributed by atoms with van der Waals surface area (Å²) in [4.78, 5) is 0. The molecule has 9 heavy (non-hydrogen) atoms. The number of epoxide rings is 1. The second-order valence-corrected chi connectivity index (χ2v) is 1.43. The molecule has 0 aromatic rings. The second kappa shape index (κ2) is 15.7. The van der Waals surface area contributed by atoms with Gasteiger partial charge in [-0.25, -0.2) is 0 Å². The van der Waals surface area contributed by atoms with Crippen molar-refractivity contribution in [2.45, 2.75) is 13.8 Å². The molecule has 1 nitrogen and oxygen atoms in total. The van der Waals surface area contributed by atoms with Gasteiger partial charge < -0.3 is 4.74 Å². The summed E-state index contributed by atoms with van der Waals surface area (Å²) in [5, 5.41) is 0. The molecule has 54 valence electrons. The molecule has 1 heterocycles. The third-order valence-corrected chi connectivity index (χ3v) is 0.204. The fourth-order valence-corrected chi connectivity index (χ4v) is 0. The highest BCUT2D eigenvalue weighted by molar-refractivity contribution is 4.51. The highest BCUT2D eigenvalue weighted by Crippen LogP contribution is 1.84. The molecule has 0 unspecified atom stereocenters. The number of rotatable bonds is 0. The Labute approximate surface area is 58.0 Å². The molecule has 1 aliphatic rings. The molecular formula is C8H16O. The van der Waals surface area contributed by atoms with Crippen LogP contribution in [0.4, 0.5) is 0 Å². The maximum atomic E-state index is 4.50. The first kappa shape index (κ1) is 11.3. The smallest absolute Gasteiger partial charge is 0.0701 e. The maximum Gasteiger partial charge on any atom is 0.0701 e. The summed E-state index contributed by atoms with van der Waals surface area (Å²) < 4.78 is 4.50. The Bertz CT molecular complexity index is 46.8. The van der Waals surface area contributed by atoms with Gasteiger partial charge in [-0.15, -0.1) is 13.2 Å². The van der Waals surface area contributed by atoms with Gasteiger partial charge in [-0.1, -0.05) is 12.2 Å². The molecule has 0 aromatic heterocycles. The van der Waals surface area contributed by atoms with Crippen molar-refractivity contribution < 1.29 is 4.74 Å². The van der Waals surface area contributed by atoms with Crippen LogP contribution in [-0.4, -0.2) is 13.2 Å². The van der Waals surface area contributed by atoms with E-state index in [-0.39, 0.29) is 0 Å². The second-order valence-electron chi connectivity index (χ2n) is 1.43. The average Bonchev–Trinajstić information content (AvgIpc) is 2.48. The molecule has 1 fully saturated rings. The molecule has 0 amide bonds. The van der Waals surface area contributed by atoms with Crippen LogP contribution in [-0.2, 0) is 4.74 Å². The highest BCUT2D eigenvalue weighted by Gasteiger charge is 1.94. The van der Waals surface area contributed by atoms with Crippen LogP contribution >= 0.6 is 0 Å². The molecular weight excluding hydrogens is 112 g/mol. The van der Waals surface area contributed by atoms with Crippen LogP contribution in [0.5, 0.6) is 0 Å². The van der Waals surface area contributed by atoms with Crippen molar-refractivity contribution in [3.8, 4) is 0 Å². The molecule has 0 radical (unpaired) electrons. The number of ether oxygens (including phenoxy) is 1. The summed E-state index contributed by atoms with van der Waals surface area (Å²) in [6.07, 6.45) is 3.50. The Hall–Kier alpha value is -0.560. The van der Waals surface area contributed by atoms with Gasteiger partial charge in [0.15, 0.2) is 0 Å². The number of hydrogen-bond acceptors (Lipinski definition) is 1. The zero-order chi connectivity index (χ0) is 7.54. The van der Waals surface area contributed by atoms with E-state index < -0.39 is 0 Å². The van der Waals surface area contributed by atoms with Gasteiger partial charge in [0.2, 0.25) is 0 Å². The molecule has 1 heteroatoms. The minimum atomic E-state index is 1.00. The minimum Gasteiger partial charge on any atom is -0.377 e. The van der Waals surface area contributed by atoms with E-state index in [9.17, 15) is 0 Å². The van der Waals surface area contributed by atoms with Crippen LogP contribution in [0.3, 0.4) is 0 Å². The summed E-state index contributed by atoms with van der Waals surface area (Å²) >= 11 is 0. The van der Waals surface area contributed by atoms with Crippen LogP contribution in [0, 0.1) is 0 Å². The number of allylic oxidation sites excluding steroid dienone is 2. The third-order valence-electron chi connectivity index (χ3n) is 0.204. The van der Waals surface area contributed by atoms with Gasteiger partial charge in [-0.2, -0.15) is 0 Å². The molecule has 0 N–H and O–H groups in total. The van der Waals surface area contributed by atoms with E-state index in [1.54, 1.807) is 12.2 Å². The van der Waals surface area contributed by atoms with Crippen molar-refractivity contribution in [1.82, 2.24) is 0 Å². The molecule has 1 aliphatic heterocycles. The molecule has 0 aliphatic carbocycles. The van der Waals surface area contributed by atoms with Gasteiger partial charge in [0, 0.05) is 0 Å². The SMILES string of the molecule is C1CO1.C=CC.C=CC. The molecule has 0 saturated carbocycles. The summed E-state index contributed by atoms with van der Waals surface area (Å²) in [5.74, 6) is 0. The topological polar surface area (TPSA) is 12.5 Å². The van der Waals surface area contributed by atoms with Crippen molar-refractivity contribution in [3.05, 3.63) is 25.3 Å². The van der Waals surface area contributed by atoms with E-state index in [0.29, 0.717) is 0 Å². The van der Waals surface area contributed by atoms with Crippen LogP contribution in [0.15, 0.2) is 25.3 Å². The molecule has 0 bridgehead atoms. The lowest BCUT2D eigenvalue weighted by Crippen LogP contribution is -1.20. The monoisotopic (exact) mass is 128 g/mol. The zero-order valence-electron chi connectivity index (χ0n) is 6.39. The van der Waals surface area contributed by atoms with E-state index in [1.165, 1.54) is 0 Å². The lowest BCUT2D eigenvalue weighted by Gasteiger charge is -1.31. The molecule has 1 rings (SSSR count). The first-order chi connectivity index (χ1) is 4.33. The van der Waals surface area contributed by atoms with Crippen molar-refractivity contribution in [2.24, 2.45) is 0 Å². The normalized spacial score (nSPS) is 10.9. The highest BCUT2D eigenvalue weighted by atomic mass is 16.6. The summed E-state index contributed by atoms with van der Waals surface area (Å²) in [7, 11) is 0. The van der Waals surface area contributed by atoms with Gasteiger partial charge in [-0.3, -0.25) is 0 Å². The van der Waals surface area contributed by atoms with E-state index in [1.807, 2.05) is 13.8 Å². The van der Waals surface area contributed by atoms with Crippen molar-refractivity contribution in [3.63, 3.8) is 0 Å². The van der Waals surface area contributed by atoms with E-state index in [2.05, 4.69) is 17.9 Å². The van der Waals surface area contributed by atoms with Gasteiger partial charge >= 0.3 is 0 Å². The first-order valence-corrected chi connectivity index (χ1v) is 3.05. The van der Waals surface area contributed by atoms with Crippen molar-refractivity contribution in [2.75, 3.05) is 13.2 Å². The van der Waals surface area contributed by atoms with Crippen molar-refractivity contribution in [1.29, 1.82) is 0 Å². The van der Waals surface area contributed by atoms with Crippen LogP contribution in [0.25, 0.3) is 0 Å². The molecule has 0 aromatic carbocycles. The average molecular weight is 128 g/mol. The van der Waals surface area contributed by atoms with E-state index in [4.69, 9.17) is 0 Å². The van der Waals surface area contributed by atoms with Gasteiger partial charge in [0.05, 0.1) is 13.2 Å². The van der Waals surface area contributed by atoms with Crippen molar-refractivity contribution >= 4 is 0 Å². The summed E-state index contributed by atoms with van der Waals surface area (Å²) in [6.45, 7) is 12.5. The third kappa shape index (κ3) is 1140. The van der Waals surface area contributed by atoms with Crippen LogP contribution < -0.4 is 0 Å². The molecule has 0 spiro atoms. The lowest BCUT2D eigenvalue weighted by molar-refractivity contribution is 0.475. The van der Waals surface area contributed by atoms with Gasteiger partial charge in [0.1, 0.15) is 0 Å². The fourth-order valence-electron chi connectivity index (χ4n) is 0. The van der Waals surface area contributed by atoms with E-state index in [0.717, 1.165) is 13.2 Å². The summed E-state index contributed by atoms with van der Waals surface area (Å²) in [5.41, 5.74) is 0.